The molecule has 1 unspecified atom stereocenters. The Morgan fingerprint density at radius 3 is 2.38 bits per heavy atom. The molecule has 5 rings (SSSR count). The Labute approximate surface area is 153 Å². The summed E-state index contributed by atoms with van der Waals surface area (Å²) in [6.45, 7) is 1.44. The molecule has 0 bridgehead atoms. The fourth-order valence-corrected chi connectivity index (χ4v) is 4.02. The largest absolute Gasteiger partial charge is 0.454 e. The Bertz CT molecular complexity index is 905. The van der Waals surface area contributed by atoms with Gasteiger partial charge in [-0.3, -0.25) is 0 Å². The summed E-state index contributed by atoms with van der Waals surface area (Å²) in [5, 5.41) is 0. The monoisotopic (exact) mass is 343 g/mol. The highest BCUT2D eigenvalue weighted by atomic mass is 16.7. The summed E-state index contributed by atoms with van der Waals surface area (Å²) in [5.74, 6) is 1.66. The van der Waals surface area contributed by atoms with Gasteiger partial charge in [-0.25, -0.2) is 0 Å². The van der Waals surface area contributed by atoms with Crippen LogP contribution in [-0.4, -0.2) is 13.3 Å². The zero-order chi connectivity index (χ0) is 17.3. The average Bonchev–Trinajstić information content (AvgIpc) is 3.37. The lowest BCUT2D eigenvalue weighted by atomic mass is 9.99. The summed E-state index contributed by atoms with van der Waals surface area (Å²) in [6.07, 6.45) is 2.45. The first-order chi connectivity index (χ1) is 12.9. The van der Waals surface area contributed by atoms with Crippen molar-refractivity contribution in [2.24, 2.45) is 0 Å². The standard InChI is InChI=1S/C23H21NO2/c1-2-5-20(6-3-1)24-14-4-7-21(24)18-10-8-17(9-11-18)19-12-13-22-23(15-19)26-16-25-22/h1-3,5-6,8-13,15,21H,4,7,14,16H2. The third kappa shape index (κ3) is 2.70. The summed E-state index contributed by atoms with van der Waals surface area (Å²) >= 11 is 0. The van der Waals surface area contributed by atoms with E-state index in [1.807, 2.05) is 6.07 Å². The summed E-state index contributed by atoms with van der Waals surface area (Å²) in [5.41, 5.74) is 5.06. The molecule has 0 radical (unpaired) electrons. The van der Waals surface area contributed by atoms with Gasteiger partial charge in [-0.05, 0) is 53.8 Å². The minimum Gasteiger partial charge on any atom is -0.454 e. The quantitative estimate of drug-likeness (QED) is 0.633. The molecular weight excluding hydrogens is 322 g/mol. The van der Waals surface area contributed by atoms with E-state index in [9.17, 15) is 0 Å². The average molecular weight is 343 g/mol. The molecule has 0 saturated carbocycles. The second kappa shape index (κ2) is 6.41. The minimum atomic E-state index is 0.314. The third-order valence-corrected chi connectivity index (χ3v) is 5.34. The number of ether oxygens (including phenoxy) is 2. The van der Waals surface area contributed by atoms with Crippen molar-refractivity contribution in [3.05, 3.63) is 78.4 Å². The zero-order valence-corrected chi connectivity index (χ0v) is 14.6. The second-order valence-electron chi connectivity index (χ2n) is 6.88. The molecule has 3 nitrogen and oxygen atoms in total. The molecule has 2 aliphatic rings. The van der Waals surface area contributed by atoms with Crippen LogP contribution in [0.15, 0.2) is 72.8 Å². The van der Waals surface area contributed by atoms with E-state index in [1.165, 1.54) is 29.7 Å². The van der Waals surface area contributed by atoms with Crippen LogP contribution in [0.25, 0.3) is 11.1 Å². The molecule has 0 amide bonds. The molecule has 3 heteroatoms. The number of rotatable bonds is 3. The van der Waals surface area contributed by atoms with E-state index in [0.29, 0.717) is 12.8 Å². The molecule has 0 N–H and O–H groups in total. The Hall–Kier alpha value is -2.94. The van der Waals surface area contributed by atoms with Crippen LogP contribution in [0.3, 0.4) is 0 Å². The van der Waals surface area contributed by atoms with Crippen molar-refractivity contribution in [1.82, 2.24) is 0 Å². The van der Waals surface area contributed by atoms with Gasteiger partial charge in [-0.2, -0.15) is 0 Å². The Morgan fingerprint density at radius 2 is 1.54 bits per heavy atom. The van der Waals surface area contributed by atoms with Crippen molar-refractivity contribution in [3.63, 3.8) is 0 Å². The number of nitrogens with zero attached hydrogens (tertiary/aromatic N) is 1. The molecular formula is C23H21NO2. The highest BCUT2D eigenvalue weighted by Crippen LogP contribution is 2.38. The van der Waals surface area contributed by atoms with Crippen LogP contribution in [0.1, 0.15) is 24.4 Å². The van der Waals surface area contributed by atoms with Crippen LogP contribution in [0.4, 0.5) is 5.69 Å². The molecule has 0 aliphatic carbocycles. The van der Waals surface area contributed by atoms with Gasteiger partial charge < -0.3 is 14.4 Å². The summed E-state index contributed by atoms with van der Waals surface area (Å²) in [4.78, 5) is 2.52. The van der Waals surface area contributed by atoms with Gasteiger partial charge in [-0.1, -0.05) is 48.5 Å². The Kier molecular flexibility index (Phi) is 3.78. The molecule has 2 heterocycles. The molecule has 3 aromatic carbocycles. The van der Waals surface area contributed by atoms with Crippen molar-refractivity contribution in [1.29, 1.82) is 0 Å². The lowest BCUT2D eigenvalue weighted by Crippen LogP contribution is -2.22. The first kappa shape index (κ1) is 15.3. The predicted octanol–water partition coefficient (Wildman–Crippen LogP) is 5.42. The first-order valence-corrected chi connectivity index (χ1v) is 9.20. The maximum atomic E-state index is 5.50. The van der Waals surface area contributed by atoms with Gasteiger partial charge in [0.1, 0.15) is 0 Å². The van der Waals surface area contributed by atoms with Crippen molar-refractivity contribution < 1.29 is 9.47 Å². The van der Waals surface area contributed by atoms with Crippen molar-refractivity contribution in [3.8, 4) is 22.6 Å². The molecule has 1 atom stereocenters. The van der Waals surface area contributed by atoms with Crippen LogP contribution >= 0.6 is 0 Å². The van der Waals surface area contributed by atoms with E-state index in [2.05, 4.69) is 71.6 Å². The normalized spacial score (nSPS) is 18.3. The van der Waals surface area contributed by atoms with E-state index in [-0.39, 0.29) is 0 Å². The molecule has 1 fully saturated rings. The number of hydrogen-bond donors (Lipinski definition) is 0. The van der Waals surface area contributed by atoms with Crippen LogP contribution < -0.4 is 14.4 Å². The molecule has 130 valence electrons. The van der Waals surface area contributed by atoms with Crippen LogP contribution in [0, 0.1) is 0 Å². The number of para-hydroxylation sites is 1. The maximum absolute atomic E-state index is 5.50. The highest BCUT2D eigenvalue weighted by Gasteiger charge is 2.26. The minimum absolute atomic E-state index is 0.314. The molecule has 0 aromatic heterocycles. The summed E-state index contributed by atoms with van der Waals surface area (Å²) in [7, 11) is 0. The topological polar surface area (TPSA) is 21.7 Å². The van der Waals surface area contributed by atoms with E-state index >= 15 is 0 Å². The zero-order valence-electron chi connectivity index (χ0n) is 14.6. The lowest BCUT2D eigenvalue weighted by molar-refractivity contribution is 0.174. The fraction of sp³-hybridized carbons (Fsp3) is 0.217. The number of fused-ring (bicyclic) bond motifs is 1. The number of anilines is 1. The van der Waals surface area contributed by atoms with E-state index < -0.39 is 0 Å². The van der Waals surface area contributed by atoms with Gasteiger partial charge in [0, 0.05) is 12.2 Å². The van der Waals surface area contributed by atoms with Gasteiger partial charge in [0.2, 0.25) is 6.79 Å². The SMILES string of the molecule is c1ccc(N2CCCC2c2ccc(-c3ccc4c(c3)OCO4)cc2)cc1. The van der Waals surface area contributed by atoms with Crippen molar-refractivity contribution >= 4 is 5.69 Å². The Morgan fingerprint density at radius 1 is 0.769 bits per heavy atom. The van der Waals surface area contributed by atoms with Gasteiger partial charge >= 0.3 is 0 Å². The Balaban J connectivity index is 1.41. The molecule has 3 aromatic rings. The summed E-state index contributed by atoms with van der Waals surface area (Å²) < 4.78 is 10.9. The summed E-state index contributed by atoms with van der Waals surface area (Å²) in [6, 6.07) is 26.3. The number of benzene rings is 3. The lowest BCUT2D eigenvalue weighted by Gasteiger charge is -2.27. The fourth-order valence-electron chi connectivity index (χ4n) is 4.02. The molecule has 2 aliphatic heterocycles. The maximum Gasteiger partial charge on any atom is 0.231 e. The van der Waals surface area contributed by atoms with Gasteiger partial charge in [0.05, 0.1) is 6.04 Å². The first-order valence-electron chi connectivity index (χ1n) is 9.20. The van der Waals surface area contributed by atoms with E-state index in [1.54, 1.807) is 0 Å². The highest BCUT2D eigenvalue weighted by molar-refractivity contribution is 5.68. The van der Waals surface area contributed by atoms with Crippen molar-refractivity contribution in [2.45, 2.75) is 18.9 Å². The predicted molar refractivity (Wildman–Crippen MR) is 104 cm³/mol. The van der Waals surface area contributed by atoms with Gasteiger partial charge in [-0.15, -0.1) is 0 Å². The molecule has 0 spiro atoms. The molecule has 26 heavy (non-hydrogen) atoms. The number of hydrogen-bond acceptors (Lipinski definition) is 3. The van der Waals surface area contributed by atoms with Crippen LogP contribution in [-0.2, 0) is 0 Å². The van der Waals surface area contributed by atoms with Crippen LogP contribution in [0.2, 0.25) is 0 Å². The van der Waals surface area contributed by atoms with Crippen LogP contribution in [0.5, 0.6) is 11.5 Å². The van der Waals surface area contributed by atoms with Crippen molar-refractivity contribution in [2.75, 3.05) is 18.2 Å². The van der Waals surface area contributed by atoms with Gasteiger partial charge in [0.25, 0.3) is 0 Å². The smallest absolute Gasteiger partial charge is 0.231 e. The van der Waals surface area contributed by atoms with E-state index in [4.69, 9.17) is 9.47 Å². The molecule has 1 saturated heterocycles. The third-order valence-electron chi connectivity index (χ3n) is 5.34. The van der Waals surface area contributed by atoms with Gasteiger partial charge in [0.15, 0.2) is 11.5 Å². The second-order valence-corrected chi connectivity index (χ2v) is 6.88. The van der Waals surface area contributed by atoms with E-state index in [0.717, 1.165) is 23.6 Å².